The molecule has 212 valence electrons. The molecule has 1 aliphatic rings. The Morgan fingerprint density at radius 2 is 1.80 bits per heavy atom. The third kappa shape index (κ3) is 7.33. The average Bonchev–Trinajstić information content (AvgIpc) is 3.35. The number of rotatable bonds is 8. The van der Waals surface area contributed by atoms with Crippen molar-refractivity contribution >= 4 is 65.3 Å². The van der Waals surface area contributed by atoms with Crippen LogP contribution in [0.25, 0.3) is 16.8 Å². The summed E-state index contributed by atoms with van der Waals surface area (Å²) in [6.07, 6.45) is 4.38. The van der Waals surface area contributed by atoms with Gasteiger partial charge in [0.05, 0.1) is 17.6 Å². The van der Waals surface area contributed by atoms with Crippen LogP contribution in [0.3, 0.4) is 0 Å². The van der Waals surface area contributed by atoms with Crippen LogP contribution in [0.15, 0.2) is 72.0 Å². The Balaban J connectivity index is 0.00000220. The van der Waals surface area contributed by atoms with Gasteiger partial charge >= 0.3 is 0 Å². The van der Waals surface area contributed by atoms with E-state index in [2.05, 4.69) is 30.2 Å². The van der Waals surface area contributed by atoms with Crippen molar-refractivity contribution in [3.05, 3.63) is 77.7 Å². The molecule has 4 aromatic rings. The van der Waals surface area contributed by atoms with E-state index in [0.29, 0.717) is 22.9 Å². The van der Waals surface area contributed by atoms with Crippen LogP contribution in [0.5, 0.6) is 0 Å². The first kappa shape index (κ1) is 31.0. The molecule has 2 aromatic carbocycles. The third-order valence-corrected chi connectivity index (χ3v) is 6.76. The molecule has 0 atom stereocenters. The fraction of sp³-hybridized carbons (Fsp3) is 0.259. The van der Waals surface area contributed by atoms with E-state index in [1.165, 1.54) is 0 Å². The lowest BCUT2D eigenvalue weighted by Crippen LogP contribution is -2.47. The molecule has 2 aromatic heterocycles. The van der Waals surface area contributed by atoms with Gasteiger partial charge in [-0.2, -0.15) is 5.10 Å². The molecule has 0 bridgehead atoms. The molecule has 0 unspecified atom stereocenters. The number of benzene rings is 2. The number of para-hydroxylation sites is 2. The zero-order valence-corrected chi connectivity index (χ0v) is 24.1. The number of nitrogens with one attached hydrogen (secondary N) is 1. The summed E-state index contributed by atoms with van der Waals surface area (Å²) in [5.74, 6) is -0.146. The number of nitrogens with two attached hydrogens (primary N) is 2. The van der Waals surface area contributed by atoms with Crippen molar-refractivity contribution in [1.82, 2.24) is 19.5 Å². The standard InChI is InChI=1S/C27H30ClN9O.2ClH/c28-20-6-3-5-19(17-20)21-18-32-37-12-9-23(33-25(21)37)26(38)34-22-7-1-2-8-24(22)36-15-13-35(14-16-36)11-4-10-31-27(29)30;;/h1-3,5-9,12,17-18H,4,10-11,13-16H2,(H,34,38)(H4,29,30,31);2*1H. The molecule has 40 heavy (non-hydrogen) atoms. The molecule has 1 amide bonds. The van der Waals surface area contributed by atoms with Crippen LogP contribution in [-0.2, 0) is 0 Å². The SMILES string of the molecule is Cl.Cl.NC(N)=NCCCN1CCN(c2ccccc2NC(=O)c2ccn3ncc(-c4cccc(Cl)c4)c3n2)CC1. The molecule has 0 saturated carbocycles. The summed E-state index contributed by atoms with van der Waals surface area (Å²) in [4.78, 5) is 26.7. The van der Waals surface area contributed by atoms with Gasteiger partial charge in [-0.25, -0.2) is 9.50 Å². The number of aromatic nitrogens is 3. The normalized spacial score (nSPS) is 13.3. The van der Waals surface area contributed by atoms with Gasteiger partial charge < -0.3 is 21.7 Å². The van der Waals surface area contributed by atoms with Crippen LogP contribution in [-0.4, -0.2) is 70.6 Å². The molecule has 1 aliphatic heterocycles. The summed E-state index contributed by atoms with van der Waals surface area (Å²) < 4.78 is 1.65. The quantitative estimate of drug-likeness (QED) is 0.158. The van der Waals surface area contributed by atoms with Crippen LogP contribution in [0.1, 0.15) is 16.9 Å². The average molecular weight is 605 g/mol. The molecule has 0 aliphatic carbocycles. The van der Waals surface area contributed by atoms with Crippen molar-refractivity contribution in [2.45, 2.75) is 6.42 Å². The molecule has 13 heteroatoms. The van der Waals surface area contributed by atoms with Gasteiger partial charge in [-0.15, -0.1) is 24.8 Å². The Morgan fingerprint density at radius 3 is 2.55 bits per heavy atom. The second kappa shape index (κ2) is 14.2. The summed E-state index contributed by atoms with van der Waals surface area (Å²) in [6, 6.07) is 17.0. The van der Waals surface area contributed by atoms with Gasteiger partial charge in [-0.3, -0.25) is 14.7 Å². The Labute approximate surface area is 250 Å². The first-order chi connectivity index (χ1) is 18.5. The fourth-order valence-corrected chi connectivity index (χ4v) is 4.80. The minimum atomic E-state index is -0.281. The van der Waals surface area contributed by atoms with E-state index in [9.17, 15) is 4.79 Å². The number of amides is 1. The summed E-state index contributed by atoms with van der Waals surface area (Å²) >= 11 is 6.18. The smallest absolute Gasteiger partial charge is 0.274 e. The van der Waals surface area contributed by atoms with Gasteiger partial charge in [0.2, 0.25) is 0 Å². The zero-order valence-electron chi connectivity index (χ0n) is 21.7. The summed E-state index contributed by atoms with van der Waals surface area (Å²) in [6.45, 7) is 5.15. The van der Waals surface area contributed by atoms with Crippen LogP contribution in [0, 0.1) is 0 Å². The number of carbonyl (C=O) groups excluding carboxylic acids is 1. The monoisotopic (exact) mass is 603 g/mol. The highest BCUT2D eigenvalue weighted by molar-refractivity contribution is 6.30. The maximum absolute atomic E-state index is 13.3. The number of nitrogens with zero attached hydrogens (tertiary/aromatic N) is 6. The van der Waals surface area contributed by atoms with E-state index < -0.39 is 0 Å². The van der Waals surface area contributed by atoms with Crippen LogP contribution in [0.4, 0.5) is 11.4 Å². The Morgan fingerprint density at radius 1 is 1.02 bits per heavy atom. The summed E-state index contributed by atoms with van der Waals surface area (Å²) in [7, 11) is 0. The van der Waals surface area contributed by atoms with Crippen molar-refractivity contribution in [3.8, 4) is 11.1 Å². The van der Waals surface area contributed by atoms with Crippen molar-refractivity contribution in [3.63, 3.8) is 0 Å². The topological polar surface area (TPSA) is 130 Å². The fourth-order valence-electron chi connectivity index (χ4n) is 4.61. The van der Waals surface area contributed by atoms with Gasteiger partial charge in [0, 0.05) is 56.1 Å². The van der Waals surface area contributed by atoms with Crippen LogP contribution >= 0.6 is 36.4 Å². The van der Waals surface area contributed by atoms with Crippen molar-refractivity contribution in [1.29, 1.82) is 0 Å². The number of aliphatic imine (C=N–C) groups is 1. The molecular formula is C27H32Cl3N9O. The summed E-state index contributed by atoms with van der Waals surface area (Å²) in [5.41, 5.74) is 15.1. The maximum atomic E-state index is 13.3. The predicted octanol–water partition coefficient (Wildman–Crippen LogP) is 3.93. The van der Waals surface area contributed by atoms with Crippen LogP contribution < -0.4 is 21.7 Å². The Bertz CT molecular complexity index is 1460. The highest BCUT2D eigenvalue weighted by atomic mass is 35.5. The number of hydrogen-bond acceptors (Lipinski definition) is 6. The first-order valence-corrected chi connectivity index (χ1v) is 12.9. The van der Waals surface area contributed by atoms with Crippen molar-refractivity contribution in [2.24, 2.45) is 16.5 Å². The maximum Gasteiger partial charge on any atom is 0.274 e. The van der Waals surface area contributed by atoms with Gasteiger partial charge in [0.15, 0.2) is 11.6 Å². The first-order valence-electron chi connectivity index (χ1n) is 12.5. The molecule has 1 fully saturated rings. The third-order valence-electron chi connectivity index (χ3n) is 6.53. The van der Waals surface area contributed by atoms with Crippen LogP contribution in [0.2, 0.25) is 5.02 Å². The molecule has 0 radical (unpaired) electrons. The zero-order chi connectivity index (χ0) is 26.5. The van der Waals surface area contributed by atoms with E-state index in [1.54, 1.807) is 23.0 Å². The Kier molecular flexibility index (Phi) is 11.0. The van der Waals surface area contributed by atoms with E-state index in [-0.39, 0.29) is 36.7 Å². The molecule has 10 nitrogen and oxygen atoms in total. The van der Waals surface area contributed by atoms with Gasteiger partial charge in [0.1, 0.15) is 5.69 Å². The van der Waals surface area contributed by atoms with Crippen molar-refractivity contribution < 1.29 is 4.79 Å². The molecular weight excluding hydrogens is 573 g/mol. The lowest BCUT2D eigenvalue weighted by Gasteiger charge is -2.36. The van der Waals surface area contributed by atoms with E-state index in [4.69, 9.17) is 23.1 Å². The largest absolute Gasteiger partial charge is 0.370 e. The highest BCUT2D eigenvalue weighted by Gasteiger charge is 2.20. The molecule has 0 spiro atoms. The predicted molar refractivity (Wildman–Crippen MR) is 166 cm³/mol. The van der Waals surface area contributed by atoms with E-state index in [0.717, 1.165) is 61.6 Å². The number of carbonyl (C=O) groups is 1. The van der Waals surface area contributed by atoms with Gasteiger partial charge in [0.25, 0.3) is 5.91 Å². The highest BCUT2D eigenvalue weighted by Crippen LogP contribution is 2.28. The molecule has 1 saturated heterocycles. The molecule has 5 rings (SSSR count). The number of halogens is 3. The lowest BCUT2D eigenvalue weighted by molar-refractivity contribution is 0.102. The Hall–Kier alpha value is -3.57. The second-order valence-electron chi connectivity index (χ2n) is 9.11. The van der Waals surface area contributed by atoms with Gasteiger partial charge in [-0.1, -0.05) is 35.9 Å². The van der Waals surface area contributed by atoms with Gasteiger partial charge in [-0.05, 0) is 42.3 Å². The number of piperazine rings is 1. The summed E-state index contributed by atoms with van der Waals surface area (Å²) in [5, 5.41) is 8.06. The van der Waals surface area contributed by atoms with E-state index in [1.807, 2.05) is 48.5 Å². The minimum absolute atomic E-state index is 0. The number of fused-ring (bicyclic) bond motifs is 1. The number of guanidine groups is 1. The number of anilines is 2. The lowest BCUT2D eigenvalue weighted by atomic mass is 10.1. The molecule has 3 heterocycles. The minimum Gasteiger partial charge on any atom is -0.370 e. The van der Waals surface area contributed by atoms with E-state index >= 15 is 0 Å². The van der Waals surface area contributed by atoms with Crippen molar-refractivity contribution in [2.75, 3.05) is 49.5 Å². The number of hydrogen-bond donors (Lipinski definition) is 3. The molecule has 5 N–H and O–H groups in total. The second-order valence-corrected chi connectivity index (χ2v) is 9.55.